The first-order valence-corrected chi connectivity index (χ1v) is 9.64. The zero-order valence-electron chi connectivity index (χ0n) is 16.2. The second-order valence-corrected chi connectivity index (χ2v) is 6.84. The molecule has 0 aromatic heterocycles. The lowest BCUT2D eigenvalue weighted by atomic mass is 9.85. The van der Waals surface area contributed by atoms with Gasteiger partial charge in [-0.05, 0) is 47.5 Å². The molecule has 1 amide bonds. The first-order chi connectivity index (χ1) is 14.7. The number of benzene rings is 4. The van der Waals surface area contributed by atoms with E-state index in [1.165, 1.54) is 0 Å². The van der Waals surface area contributed by atoms with Crippen LogP contribution in [-0.4, -0.2) is 11.0 Å². The summed E-state index contributed by atoms with van der Waals surface area (Å²) in [6, 6.07) is 34.3. The molecular weight excluding hydrogens is 374 g/mol. The molecular formula is C26H21NO3. The van der Waals surface area contributed by atoms with E-state index in [4.69, 9.17) is 4.74 Å². The summed E-state index contributed by atoms with van der Waals surface area (Å²) >= 11 is 0. The second kappa shape index (κ2) is 8.64. The van der Waals surface area contributed by atoms with Gasteiger partial charge >= 0.3 is 0 Å². The second-order valence-electron chi connectivity index (χ2n) is 6.84. The van der Waals surface area contributed by atoms with Crippen molar-refractivity contribution >= 4 is 11.6 Å². The van der Waals surface area contributed by atoms with Gasteiger partial charge in [-0.25, -0.2) is 0 Å². The Morgan fingerprint density at radius 2 is 1.07 bits per heavy atom. The van der Waals surface area contributed by atoms with Crippen LogP contribution in [0.15, 0.2) is 115 Å². The molecule has 0 aliphatic carbocycles. The molecule has 0 aliphatic heterocycles. The van der Waals surface area contributed by atoms with Gasteiger partial charge in [0.15, 0.2) is 5.60 Å². The summed E-state index contributed by atoms with van der Waals surface area (Å²) in [5.41, 5.74) is -0.261. The number of carbonyl (C=O) groups excluding carboxylic acids is 1. The lowest BCUT2D eigenvalue weighted by Crippen LogP contribution is -2.41. The van der Waals surface area contributed by atoms with Gasteiger partial charge in [-0.2, -0.15) is 0 Å². The average Bonchev–Trinajstić information content (AvgIpc) is 2.81. The quantitative estimate of drug-likeness (QED) is 0.462. The molecule has 0 spiro atoms. The zero-order chi connectivity index (χ0) is 20.8. The van der Waals surface area contributed by atoms with Crippen molar-refractivity contribution in [3.8, 4) is 11.5 Å². The van der Waals surface area contributed by atoms with Gasteiger partial charge in [0.2, 0.25) is 0 Å². The summed E-state index contributed by atoms with van der Waals surface area (Å²) in [5.74, 6) is 0.856. The molecule has 30 heavy (non-hydrogen) atoms. The molecule has 0 saturated carbocycles. The fraction of sp³-hybridized carbons (Fsp3) is 0.0385. The van der Waals surface area contributed by atoms with Crippen LogP contribution in [0.5, 0.6) is 11.5 Å². The number of carbonyl (C=O) groups is 1. The van der Waals surface area contributed by atoms with Crippen molar-refractivity contribution in [2.75, 3.05) is 5.32 Å². The summed E-state index contributed by atoms with van der Waals surface area (Å²) in [4.78, 5) is 13.2. The number of hydrogen-bond acceptors (Lipinski definition) is 3. The SMILES string of the molecule is O=C(Nc1ccc(Oc2ccccc2)cc1)C(O)(c1ccccc1)c1ccccc1. The minimum Gasteiger partial charge on any atom is -0.457 e. The monoisotopic (exact) mass is 395 g/mol. The minimum absolute atomic E-state index is 0.498. The van der Waals surface area contributed by atoms with E-state index in [2.05, 4.69) is 5.32 Å². The van der Waals surface area contributed by atoms with Crippen LogP contribution in [0.2, 0.25) is 0 Å². The molecule has 4 aromatic carbocycles. The number of rotatable bonds is 6. The fourth-order valence-electron chi connectivity index (χ4n) is 3.24. The topological polar surface area (TPSA) is 58.6 Å². The Balaban J connectivity index is 1.57. The van der Waals surface area contributed by atoms with E-state index < -0.39 is 11.5 Å². The van der Waals surface area contributed by atoms with Gasteiger partial charge in [-0.15, -0.1) is 0 Å². The predicted octanol–water partition coefficient (Wildman–Crippen LogP) is 5.35. The summed E-state index contributed by atoms with van der Waals surface area (Å²) in [7, 11) is 0. The van der Waals surface area contributed by atoms with Gasteiger partial charge in [-0.1, -0.05) is 78.9 Å². The number of anilines is 1. The molecule has 0 saturated heterocycles. The van der Waals surface area contributed by atoms with E-state index in [-0.39, 0.29) is 0 Å². The molecule has 0 radical (unpaired) electrons. The molecule has 0 unspecified atom stereocenters. The van der Waals surface area contributed by atoms with Gasteiger partial charge in [0, 0.05) is 5.69 Å². The van der Waals surface area contributed by atoms with Crippen LogP contribution >= 0.6 is 0 Å². The Labute approximate surface area is 175 Å². The highest BCUT2D eigenvalue weighted by Gasteiger charge is 2.39. The maximum absolute atomic E-state index is 13.2. The van der Waals surface area contributed by atoms with Gasteiger partial charge in [0.25, 0.3) is 5.91 Å². The minimum atomic E-state index is -1.82. The molecule has 4 rings (SSSR count). The zero-order valence-corrected chi connectivity index (χ0v) is 16.2. The number of ether oxygens (including phenoxy) is 1. The van der Waals surface area contributed by atoms with E-state index in [1.54, 1.807) is 72.8 Å². The average molecular weight is 395 g/mol. The van der Waals surface area contributed by atoms with Crippen molar-refractivity contribution in [2.24, 2.45) is 0 Å². The highest BCUT2D eigenvalue weighted by Crippen LogP contribution is 2.31. The largest absolute Gasteiger partial charge is 0.457 e. The third-order valence-electron chi connectivity index (χ3n) is 4.80. The molecule has 148 valence electrons. The Hall–Kier alpha value is -3.89. The number of nitrogens with one attached hydrogen (secondary N) is 1. The van der Waals surface area contributed by atoms with Crippen LogP contribution in [0.3, 0.4) is 0 Å². The summed E-state index contributed by atoms with van der Waals surface area (Å²) in [6.07, 6.45) is 0. The molecule has 4 aromatic rings. The van der Waals surface area contributed by atoms with Crippen LogP contribution in [-0.2, 0) is 10.4 Å². The van der Waals surface area contributed by atoms with Crippen molar-refractivity contribution in [3.63, 3.8) is 0 Å². The van der Waals surface area contributed by atoms with Crippen LogP contribution < -0.4 is 10.1 Å². The van der Waals surface area contributed by atoms with Gasteiger partial charge in [-0.3, -0.25) is 4.79 Å². The van der Waals surface area contributed by atoms with Crippen molar-refractivity contribution in [2.45, 2.75) is 5.60 Å². The molecule has 0 bridgehead atoms. The fourth-order valence-corrected chi connectivity index (χ4v) is 3.24. The third kappa shape index (κ3) is 4.09. The van der Waals surface area contributed by atoms with Crippen molar-refractivity contribution < 1.29 is 14.6 Å². The first-order valence-electron chi connectivity index (χ1n) is 9.64. The lowest BCUT2D eigenvalue weighted by Gasteiger charge is -2.28. The smallest absolute Gasteiger partial charge is 0.265 e. The molecule has 4 nitrogen and oxygen atoms in total. The number of aliphatic hydroxyl groups is 1. The van der Waals surface area contributed by atoms with Crippen LogP contribution in [0, 0.1) is 0 Å². The molecule has 0 heterocycles. The molecule has 4 heteroatoms. The van der Waals surface area contributed by atoms with E-state index in [1.807, 2.05) is 42.5 Å². The van der Waals surface area contributed by atoms with E-state index in [0.717, 1.165) is 5.75 Å². The Morgan fingerprint density at radius 1 is 0.633 bits per heavy atom. The van der Waals surface area contributed by atoms with Crippen LogP contribution in [0.1, 0.15) is 11.1 Å². The van der Waals surface area contributed by atoms with Crippen LogP contribution in [0.25, 0.3) is 0 Å². The Bertz CT molecular complexity index is 1060. The summed E-state index contributed by atoms with van der Waals surface area (Å²) < 4.78 is 5.78. The van der Waals surface area contributed by atoms with E-state index >= 15 is 0 Å². The first kappa shape index (κ1) is 19.4. The number of amides is 1. The van der Waals surface area contributed by atoms with Crippen LogP contribution in [0.4, 0.5) is 5.69 Å². The normalized spacial score (nSPS) is 11.0. The molecule has 0 atom stereocenters. The van der Waals surface area contributed by atoms with E-state index in [9.17, 15) is 9.90 Å². The van der Waals surface area contributed by atoms with Crippen molar-refractivity contribution in [1.82, 2.24) is 0 Å². The summed E-state index contributed by atoms with van der Waals surface area (Å²) in [6.45, 7) is 0. The summed E-state index contributed by atoms with van der Waals surface area (Å²) in [5, 5.41) is 14.3. The molecule has 2 N–H and O–H groups in total. The van der Waals surface area contributed by atoms with Crippen molar-refractivity contribution in [1.29, 1.82) is 0 Å². The molecule has 0 aliphatic rings. The highest BCUT2D eigenvalue weighted by molar-refractivity contribution is 6.00. The number of hydrogen-bond donors (Lipinski definition) is 2. The number of para-hydroxylation sites is 1. The third-order valence-corrected chi connectivity index (χ3v) is 4.80. The highest BCUT2D eigenvalue weighted by atomic mass is 16.5. The Kier molecular flexibility index (Phi) is 5.59. The van der Waals surface area contributed by atoms with E-state index in [0.29, 0.717) is 22.6 Å². The van der Waals surface area contributed by atoms with Gasteiger partial charge in [0.05, 0.1) is 0 Å². The maximum Gasteiger partial charge on any atom is 0.265 e. The molecule has 0 fully saturated rings. The van der Waals surface area contributed by atoms with Crippen molar-refractivity contribution in [3.05, 3.63) is 126 Å². The van der Waals surface area contributed by atoms with Gasteiger partial charge in [0.1, 0.15) is 11.5 Å². The lowest BCUT2D eigenvalue weighted by molar-refractivity contribution is -0.131. The Morgan fingerprint density at radius 3 is 1.57 bits per heavy atom. The standard InChI is InChI=1S/C26H21NO3/c28-25(26(29,20-10-4-1-5-11-20)21-12-6-2-7-13-21)27-22-16-18-24(19-17-22)30-23-14-8-3-9-15-23/h1-19,29H,(H,27,28). The van der Waals surface area contributed by atoms with Gasteiger partial charge < -0.3 is 15.2 Å². The predicted molar refractivity (Wildman–Crippen MR) is 117 cm³/mol. The maximum atomic E-state index is 13.2.